The van der Waals surface area contributed by atoms with E-state index >= 15 is 0 Å². The van der Waals surface area contributed by atoms with Crippen LogP contribution in [0.15, 0.2) is 188 Å². The minimum Gasteiger partial charge on any atom is -0.311 e. The Hall–Kier alpha value is -7.56. The summed E-state index contributed by atoms with van der Waals surface area (Å²) in [5, 5.41) is 0. The lowest BCUT2D eigenvalue weighted by molar-refractivity contribution is 0.332. The Kier molecular flexibility index (Phi) is 11.6. The summed E-state index contributed by atoms with van der Waals surface area (Å²) in [5.41, 5.74) is 29.6. The third kappa shape index (κ3) is 8.30. The fraction of sp³-hybridized carbons (Fsp3) is 0.280. The molecular weight excluding hydrogens is 954 g/mol. The van der Waals surface area contributed by atoms with Gasteiger partial charge in [0.25, 0.3) is 6.71 Å². The molecule has 0 saturated carbocycles. The van der Waals surface area contributed by atoms with Gasteiger partial charge in [-0.2, -0.15) is 0 Å². The Morgan fingerprint density at radius 1 is 0.405 bits per heavy atom. The van der Waals surface area contributed by atoms with Crippen LogP contribution in [-0.2, 0) is 27.1 Å². The van der Waals surface area contributed by atoms with Gasteiger partial charge in [0, 0.05) is 51.1 Å². The van der Waals surface area contributed by atoms with Crippen molar-refractivity contribution in [1.29, 1.82) is 0 Å². The molecule has 0 unspecified atom stereocenters. The molecule has 9 aromatic rings. The predicted octanol–water partition coefficient (Wildman–Crippen LogP) is 18.8. The highest BCUT2D eigenvalue weighted by molar-refractivity contribution is 7.00. The van der Waals surface area contributed by atoms with Gasteiger partial charge in [-0.3, -0.25) is 0 Å². The molecule has 0 spiro atoms. The van der Waals surface area contributed by atoms with Gasteiger partial charge in [-0.25, -0.2) is 0 Å². The van der Waals surface area contributed by atoms with Crippen LogP contribution in [0.5, 0.6) is 0 Å². The van der Waals surface area contributed by atoms with Gasteiger partial charge in [-0.05, 0) is 217 Å². The van der Waals surface area contributed by atoms with Crippen LogP contribution in [-0.4, -0.2) is 6.71 Å². The average Bonchev–Trinajstić information content (AvgIpc) is 2.93. The van der Waals surface area contributed by atoms with Crippen molar-refractivity contribution in [3.8, 4) is 22.3 Å². The molecule has 2 aliphatic carbocycles. The molecule has 0 aromatic heterocycles. The first-order chi connectivity index (χ1) is 37.6. The van der Waals surface area contributed by atoms with Crippen molar-refractivity contribution in [2.75, 3.05) is 14.7 Å². The number of benzene rings is 9. The topological polar surface area (TPSA) is 9.72 Å². The number of rotatable bonds is 7. The molecule has 4 aliphatic rings. The molecular formula is C75H76BN3. The number of nitrogens with zero attached hydrogens (tertiary/aromatic N) is 3. The van der Waals surface area contributed by atoms with Crippen LogP contribution < -0.4 is 31.1 Å². The van der Waals surface area contributed by atoms with Gasteiger partial charge in [-0.1, -0.05) is 179 Å². The molecule has 2 aliphatic heterocycles. The lowest BCUT2D eigenvalue weighted by Gasteiger charge is -2.46. The van der Waals surface area contributed by atoms with Crippen LogP contribution in [0.25, 0.3) is 22.3 Å². The Balaban J connectivity index is 1.13. The van der Waals surface area contributed by atoms with Gasteiger partial charge < -0.3 is 14.7 Å². The molecule has 0 bridgehead atoms. The van der Waals surface area contributed by atoms with Gasteiger partial charge in [-0.15, -0.1) is 0 Å². The third-order valence-electron chi connectivity index (χ3n) is 18.8. The number of fused-ring (bicyclic) bond motifs is 6. The molecule has 0 saturated heterocycles. The van der Waals surface area contributed by atoms with E-state index in [-0.39, 0.29) is 33.8 Å². The normalized spacial score (nSPS) is 16.8. The van der Waals surface area contributed by atoms with Gasteiger partial charge in [0.05, 0.1) is 5.69 Å². The molecule has 3 nitrogen and oxygen atoms in total. The van der Waals surface area contributed by atoms with Crippen LogP contribution >= 0.6 is 0 Å². The summed E-state index contributed by atoms with van der Waals surface area (Å²) < 4.78 is 0. The largest absolute Gasteiger partial charge is 0.311 e. The van der Waals surface area contributed by atoms with E-state index in [9.17, 15) is 0 Å². The molecule has 9 aromatic carbocycles. The summed E-state index contributed by atoms with van der Waals surface area (Å²) in [5.74, 6) is 0. The predicted molar refractivity (Wildman–Crippen MR) is 340 cm³/mol. The van der Waals surface area contributed by atoms with E-state index in [0.29, 0.717) is 0 Å². The molecule has 0 amide bonds. The molecule has 4 heteroatoms. The van der Waals surface area contributed by atoms with Crippen molar-refractivity contribution in [3.63, 3.8) is 0 Å². The maximum atomic E-state index is 2.72. The summed E-state index contributed by atoms with van der Waals surface area (Å²) in [4.78, 5) is 7.76. The van der Waals surface area contributed by atoms with E-state index in [0.717, 1.165) is 23.5 Å². The van der Waals surface area contributed by atoms with E-state index < -0.39 is 0 Å². The minimum atomic E-state index is -0.0748. The van der Waals surface area contributed by atoms with E-state index in [1.165, 1.54) is 125 Å². The van der Waals surface area contributed by atoms with Gasteiger partial charge >= 0.3 is 0 Å². The molecule has 79 heavy (non-hydrogen) atoms. The van der Waals surface area contributed by atoms with Crippen molar-refractivity contribution in [1.82, 2.24) is 0 Å². The zero-order valence-corrected chi connectivity index (χ0v) is 48.9. The maximum Gasteiger partial charge on any atom is 0.252 e. The summed E-state index contributed by atoms with van der Waals surface area (Å²) in [7, 11) is 0. The van der Waals surface area contributed by atoms with E-state index in [2.05, 4.69) is 293 Å². The average molecular weight is 1030 g/mol. The second-order valence-corrected chi connectivity index (χ2v) is 27.3. The van der Waals surface area contributed by atoms with Gasteiger partial charge in [0.1, 0.15) is 0 Å². The maximum absolute atomic E-state index is 2.72. The summed E-state index contributed by atoms with van der Waals surface area (Å²) >= 11 is 0. The fourth-order valence-corrected chi connectivity index (χ4v) is 14.7. The molecule has 394 valence electrons. The lowest BCUT2D eigenvalue weighted by atomic mass is 9.33. The second-order valence-electron chi connectivity index (χ2n) is 27.3. The van der Waals surface area contributed by atoms with Gasteiger partial charge in [0.2, 0.25) is 0 Å². The van der Waals surface area contributed by atoms with E-state index in [1.807, 2.05) is 0 Å². The Labute approximate surface area is 472 Å². The minimum absolute atomic E-state index is 0.0152. The molecule has 0 N–H and O–H groups in total. The zero-order valence-electron chi connectivity index (χ0n) is 48.9. The summed E-state index contributed by atoms with van der Waals surface area (Å²) in [6, 6.07) is 72.3. The highest BCUT2D eigenvalue weighted by Crippen LogP contribution is 2.55. The number of aryl methyl sites for hydroxylation is 2. The van der Waals surface area contributed by atoms with Crippen molar-refractivity contribution in [3.05, 3.63) is 227 Å². The molecule has 2 heterocycles. The number of anilines is 9. The smallest absolute Gasteiger partial charge is 0.252 e. The first-order valence-corrected chi connectivity index (χ1v) is 29.0. The van der Waals surface area contributed by atoms with Crippen molar-refractivity contribution < 1.29 is 0 Å². The van der Waals surface area contributed by atoms with Gasteiger partial charge in [0.15, 0.2) is 0 Å². The number of hydrogen-bond donors (Lipinski definition) is 0. The number of hydrogen-bond acceptors (Lipinski definition) is 3. The van der Waals surface area contributed by atoms with E-state index in [4.69, 9.17) is 0 Å². The van der Waals surface area contributed by atoms with Crippen molar-refractivity contribution in [2.45, 2.75) is 136 Å². The van der Waals surface area contributed by atoms with Crippen LogP contribution in [0, 0.1) is 13.8 Å². The van der Waals surface area contributed by atoms with E-state index in [1.54, 1.807) is 0 Å². The Bertz CT molecular complexity index is 3860. The highest BCUT2D eigenvalue weighted by Gasteiger charge is 2.49. The molecule has 0 atom stereocenters. The highest BCUT2D eigenvalue weighted by atomic mass is 15.2. The fourth-order valence-electron chi connectivity index (χ4n) is 14.7. The SMILES string of the molecule is Cc1cc2c3c(c1)N(c1ccc(C(C)(C)C)cc1-c1ccc4c(c1)C(C)(C)CCC4(C)C)c1cc4c(cc1B3c1cc(N(c3ccccc3)c3ccccc3)ccc1N2c1ccc(-c2ccccc2)cc1C)C(C)(C)CC4(C)C. The van der Waals surface area contributed by atoms with Crippen LogP contribution in [0.1, 0.15) is 134 Å². The van der Waals surface area contributed by atoms with Crippen molar-refractivity contribution >= 4 is 74.3 Å². The first kappa shape index (κ1) is 50.9. The molecule has 0 fully saturated rings. The Morgan fingerprint density at radius 3 is 1.56 bits per heavy atom. The Morgan fingerprint density at radius 2 is 0.937 bits per heavy atom. The van der Waals surface area contributed by atoms with Crippen LogP contribution in [0.3, 0.4) is 0 Å². The second kappa shape index (κ2) is 18.0. The summed E-state index contributed by atoms with van der Waals surface area (Å²) in [6.07, 6.45) is 3.44. The third-order valence-corrected chi connectivity index (χ3v) is 18.8. The quantitative estimate of drug-likeness (QED) is 0.147. The van der Waals surface area contributed by atoms with Crippen LogP contribution in [0.4, 0.5) is 51.2 Å². The molecule has 0 radical (unpaired) electrons. The van der Waals surface area contributed by atoms with Crippen molar-refractivity contribution in [2.24, 2.45) is 0 Å². The molecule has 13 rings (SSSR count). The standard InChI is InChI=1S/C75H76BN3/c1-48-39-68-70-69(40-48)79(65-35-31-53(71(3,4)5)43-57(65)52-29-33-58-59(42-52)73(8,9)38-37-72(58,6)7)67-46-61-60(74(10,11)47-75(61,12)13)45-63(67)76(70)62-44-56(77(54-25-19-15-20-26-54)55-27-21-16-22-28-55)32-36-66(62)78(68)64-34-30-51(41-49(64)2)50-23-17-14-18-24-50/h14-36,39-46H,37-38,47H2,1-13H3. The zero-order chi connectivity index (χ0) is 55.1. The summed E-state index contributed by atoms with van der Waals surface area (Å²) in [6.45, 7) is 31.3. The first-order valence-electron chi connectivity index (χ1n) is 29.0. The monoisotopic (exact) mass is 1030 g/mol. The van der Waals surface area contributed by atoms with Crippen LogP contribution in [0.2, 0.25) is 0 Å². The number of para-hydroxylation sites is 2. The lowest BCUT2D eigenvalue weighted by Crippen LogP contribution is -2.61.